The highest BCUT2D eigenvalue weighted by Gasteiger charge is 2.18. The van der Waals surface area contributed by atoms with Crippen molar-refractivity contribution in [2.75, 3.05) is 6.54 Å². The van der Waals surface area contributed by atoms with Gasteiger partial charge in [0.15, 0.2) is 17.5 Å². The molecular formula is C13H12F3N3O. The van der Waals surface area contributed by atoms with Crippen LogP contribution in [-0.4, -0.2) is 22.0 Å². The highest BCUT2D eigenvalue weighted by molar-refractivity contribution is 5.94. The molecule has 0 unspecified atom stereocenters. The van der Waals surface area contributed by atoms with Crippen LogP contribution in [-0.2, 0) is 6.54 Å². The van der Waals surface area contributed by atoms with Crippen LogP contribution in [0.2, 0.25) is 0 Å². The summed E-state index contributed by atoms with van der Waals surface area (Å²) in [5, 5.41) is 2.45. The molecule has 0 atom stereocenters. The Morgan fingerprint density at radius 1 is 1.25 bits per heavy atom. The van der Waals surface area contributed by atoms with Crippen LogP contribution in [0.4, 0.5) is 13.2 Å². The van der Waals surface area contributed by atoms with Gasteiger partial charge in [-0.3, -0.25) is 4.79 Å². The minimum atomic E-state index is -1.64. The lowest BCUT2D eigenvalue weighted by Gasteiger charge is -2.07. The van der Waals surface area contributed by atoms with Crippen molar-refractivity contribution >= 4 is 5.91 Å². The molecule has 1 N–H and O–H groups in total. The van der Waals surface area contributed by atoms with Gasteiger partial charge in [-0.15, -0.1) is 0 Å². The molecule has 2 aromatic rings. The Morgan fingerprint density at radius 2 is 2.05 bits per heavy atom. The summed E-state index contributed by atoms with van der Waals surface area (Å²) in [6.45, 7) is 0.927. The highest BCUT2D eigenvalue weighted by Crippen LogP contribution is 2.14. The molecule has 2 rings (SSSR count). The van der Waals surface area contributed by atoms with Gasteiger partial charge < -0.3 is 9.88 Å². The van der Waals surface area contributed by atoms with E-state index in [9.17, 15) is 18.0 Å². The topological polar surface area (TPSA) is 46.9 Å². The zero-order chi connectivity index (χ0) is 14.5. The molecule has 0 aliphatic rings. The number of aryl methyl sites for hydroxylation is 1. The monoisotopic (exact) mass is 283 g/mol. The van der Waals surface area contributed by atoms with Crippen LogP contribution in [0.15, 0.2) is 30.9 Å². The second kappa shape index (κ2) is 6.23. The number of imidazole rings is 1. The minimum Gasteiger partial charge on any atom is -0.352 e. The Kier molecular flexibility index (Phi) is 4.39. The van der Waals surface area contributed by atoms with E-state index in [1.807, 2.05) is 4.57 Å². The van der Waals surface area contributed by atoms with E-state index >= 15 is 0 Å². The van der Waals surface area contributed by atoms with Gasteiger partial charge in [0, 0.05) is 25.5 Å². The number of carbonyl (C=O) groups is 1. The van der Waals surface area contributed by atoms with Gasteiger partial charge in [0.05, 0.1) is 11.9 Å². The summed E-state index contributed by atoms with van der Waals surface area (Å²) in [6.07, 6.45) is 5.65. The van der Waals surface area contributed by atoms with Crippen molar-refractivity contribution in [3.05, 3.63) is 53.9 Å². The van der Waals surface area contributed by atoms with Gasteiger partial charge >= 0.3 is 0 Å². The Balaban J connectivity index is 1.87. The molecule has 1 aromatic carbocycles. The second-order valence-corrected chi connectivity index (χ2v) is 4.13. The summed E-state index contributed by atoms with van der Waals surface area (Å²) in [5.41, 5.74) is -0.508. The van der Waals surface area contributed by atoms with E-state index in [0.717, 1.165) is 12.1 Å². The predicted octanol–water partition coefficient (Wildman–Crippen LogP) is 2.12. The van der Waals surface area contributed by atoms with Gasteiger partial charge in [-0.2, -0.15) is 0 Å². The summed E-state index contributed by atoms with van der Waals surface area (Å²) in [5.74, 6) is -5.21. The number of hydrogen-bond donors (Lipinski definition) is 1. The van der Waals surface area contributed by atoms with Crippen LogP contribution in [0, 0.1) is 17.5 Å². The molecule has 0 spiro atoms. The number of nitrogens with zero attached hydrogens (tertiary/aromatic N) is 2. The molecular weight excluding hydrogens is 271 g/mol. The summed E-state index contributed by atoms with van der Waals surface area (Å²) >= 11 is 0. The first-order valence-electron chi connectivity index (χ1n) is 5.97. The van der Waals surface area contributed by atoms with Gasteiger partial charge in [0.1, 0.15) is 0 Å². The smallest absolute Gasteiger partial charge is 0.254 e. The van der Waals surface area contributed by atoms with E-state index in [-0.39, 0.29) is 6.54 Å². The maximum absolute atomic E-state index is 13.4. The molecule has 7 heteroatoms. The Hall–Kier alpha value is -2.31. The molecule has 1 heterocycles. The molecule has 4 nitrogen and oxygen atoms in total. The van der Waals surface area contributed by atoms with Crippen molar-refractivity contribution in [2.45, 2.75) is 13.0 Å². The fourth-order valence-corrected chi connectivity index (χ4v) is 1.68. The van der Waals surface area contributed by atoms with Crippen molar-refractivity contribution in [3.63, 3.8) is 0 Å². The predicted molar refractivity (Wildman–Crippen MR) is 65.5 cm³/mol. The molecule has 0 bridgehead atoms. The zero-order valence-corrected chi connectivity index (χ0v) is 10.4. The van der Waals surface area contributed by atoms with Crippen LogP contribution >= 0.6 is 0 Å². The van der Waals surface area contributed by atoms with Crippen molar-refractivity contribution < 1.29 is 18.0 Å². The quantitative estimate of drug-likeness (QED) is 0.675. The summed E-state index contributed by atoms with van der Waals surface area (Å²) in [4.78, 5) is 15.5. The number of aromatic nitrogens is 2. The van der Waals surface area contributed by atoms with Crippen molar-refractivity contribution in [1.29, 1.82) is 0 Å². The first kappa shape index (κ1) is 14.1. The third-order valence-electron chi connectivity index (χ3n) is 2.72. The van der Waals surface area contributed by atoms with Crippen LogP contribution in [0.3, 0.4) is 0 Å². The maximum Gasteiger partial charge on any atom is 0.254 e. The SMILES string of the molecule is O=C(NCCCn1ccnc1)c1ccc(F)c(F)c1F. The van der Waals surface area contributed by atoms with Gasteiger partial charge in [0.25, 0.3) is 5.91 Å². The van der Waals surface area contributed by atoms with Gasteiger partial charge in [-0.25, -0.2) is 18.2 Å². The van der Waals surface area contributed by atoms with Crippen LogP contribution in [0.5, 0.6) is 0 Å². The number of halogens is 3. The summed E-state index contributed by atoms with van der Waals surface area (Å²) in [6, 6.07) is 1.64. The number of amides is 1. The summed E-state index contributed by atoms with van der Waals surface area (Å²) in [7, 11) is 0. The molecule has 1 aromatic heterocycles. The van der Waals surface area contributed by atoms with E-state index in [2.05, 4.69) is 10.3 Å². The zero-order valence-electron chi connectivity index (χ0n) is 10.4. The largest absolute Gasteiger partial charge is 0.352 e. The van der Waals surface area contributed by atoms with Crippen molar-refractivity contribution in [1.82, 2.24) is 14.9 Å². The van der Waals surface area contributed by atoms with Crippen LogP contribution in [0.25, 0.3) is 0 Å². The molecule has 0 radical (unpaired) electrons. The first-order chi connectivity index (χ1) is 9.59. The first-order valence-corrected chi connectivity index (χ1v) is 5.97. The van der Waals surface area contributed by atoms with E-state index in [1.165, 1.54) is 0 Å². The molecule has 106 valence electrons. The third-order valence-corrected chi connectivity index (χ3v) is 2.72. The molecule has 0 aliphatic heterocycles. The third kappa shape index (κ3) is 3.17. The Morgan fingerprint density at radius 3 is 2.75 bits per heavy atom. The molecule has 0 saturated carbocycles. The lowest BCUT2D eigenvalue weighted by atomic mass is 10.2. The van der Waals surface area contributed by atoms with Gasteiger partial charge in [-0.05, 0) is 18.6 Å². The lowest BCUT2D eigenvalue weighted by molar-refractivity contribution is 0.0947. The Labute approximate surface area is 113 Å². The number of rotatable bonds is 5. The van der Waals surface area contributed by atoms with Crippen LogP contribution < -0.4 is 5.32 Å². The number of benzene rings is 1. The lowest BCUT2D eigenvalue weighted by Crippen LogP contribution is -2.26. The van der Waals surface area contributed by atoms with Crippen molar-refractivity contribution in [2.24, 2.45) is 0 Å². The molecule has 0 aliphatic carbocycles. The molecule has 20 heavy (non-hydrogen) atoms. The highest BCUT2D eigenvalue weighted by atomic mass is 19.2. The number of hydrogen-bond acceptors (Lipinski definition) is 2. The maximum atomic E-state index is 13.4. The van der Waals surface area contributed by atoms with E-state index in [1.54, 1.807) is 18.7 Å². The van der Waals surface area contributed by atoms with Gasteiger partial charge in [-0.1, -0.05) is 0 Å². The van der Waals surface area contributed by atoms with E-state index in [4.69, 9.17) is 0 Å². The second-order valence-electron chi connectivity index (χ2n) is 4.13. The average Bonchev–Trinajstić information content (AvgIpc) is 2.94. The van der Waals surface area contributed by atoms with Crippen molar-refractivity contribution in [3.8, 4) is 0 Å². The fourth-order valence-electron chi connectivity index (χ4n) is 1.68. The van der Waals surface area contributed by atoms with E-state index in [0.29, 0.717) is 13.0 Å². The standard InChI is InChI=1S/C13H12F3N3O/c14-10-3-2-9(11(15)12(10)16)13(20)18-4-1-6-19-7-5-17-8-19/h2-3,5,7-8H,1,4,6H2,(H,18,20). The number of nitrogens with one attached hydrogen (secondary N) is 1. The van der Waals surface area contributed by atoms with E-state index < -0.39 is 28.9 Å². The Bertz CT molecular complexity index is 599. The number of carbonyl (C=O) groups excluding carboxylic acids is 1. The van der Waals surface area contributed by atoms with Gasteiger partial charge in [0.2, 0.25) is 0 Å². The average molecular weight is 283 g/mol. The molecule has 1 amide bonds. The molecule has 0 saturated heterocycles. The minimum absolute atomic E-state index is 0.287. The molecule has 0 fully saturated rings. The van der Waals surface area contributed by atoms with Crippen LogP contribution in [0.1, 0.15) is 16.8 Å². The normalized spacial score (nSPS) is 10.6. The summed E-state index contributed by atoms with van der Waals surface area (Å²) < 4.78 is 40.9. The fraction of sp³-hybridized carbons (Fsp3) is 0.231.